The maximum absolute atomic E-state index is 14.2. The first-order valence-electron chi connectivity index (χ1n) is 16.3. The molecule has 4 aromatic carbocycles. The summed E-state index contributed by atoms with van der Waals surface area (Å²) in [5, 5.41) is 12.6. The number of carbonyl (C=O) groups excluding carboxylic acids is 1. The number of thioether (sulfide) groups is 1. The number of halogens is 1. The van der Waals surface area contributed by atoms with E-state index in [-0.39, 0.29) is 5.91 Å². The maximum Gasteiger partial charge on any atom is 0.255 e. The molecule has 1 unspecified atom stereocenters. The Morgan fingerprint density at radius 2 is 1.63 bits per heavy atom. The molecule has 0 aliphatic carbocycles. The second kappa shape index (κ2) is 14.8. The molecule has 8 nitrogen and oxygen atoms in total. The number of aromatic nitrogens is 3. The molecule has 0 bridgehead atoms. The first kappa shape index (κ1) is 34.1. The molecule has 1 aliphatic heterocycles. The molecule has 0 radical (unpaired) electrons. The van der Waals surface area contributed by atoms with Crippen molar-refractivity contribution in [3.8, 4) is 11.5 Å². The molecule has 1 aliphatic rings. The molecule has 2 heterocycles. The highest BCUT2D eigenvalue weighted by molar-refractivity contribution is 7.98. The number of aryl methyl sites for hydroxylation is 4. The molecule has 0 saturated carbocycles. The largest absolute Gasteiger partial charge is 0.490 e. The number of carbonyl (C=O) groups is 1. The number of allylic oxidation sites excluding steroid dienone is 1. The van der Waals surface area contributed by atoms with E-state index in [0.717, 1.165) is 27.9 Å². The number of nitrogens with one attached hydrogen (secondary N) is 2. The smallest absolute Gasteiger partial charge is 0.255 e. The highest BCUT2D eigenvalue weighted by Gasteiger charge is 2.35. The molecule has 0 fully saturated rings. The van der Waals surface area contributed by atoms with Gasteiger partial charge < -0.3 is 20.1 Å². The van der Waals surface area contributed by atoms with E-state index < -0.39 is 6.04 Å². The first-order valence-corrected chi connectivity index (χ1v) is 17.6. The number of para-hydroxylation sites is 1. The van der Waals surface area contributed by atoms with E-state index in [2.05, 4.69) is 43.5 Å². The fraction of sp³-hybridized carbons (Fsp3) is 0.256. The molecule has 0 spiro atoms. The maximum atomic E-state index is 14.2. The van der Waals surface area contributed by atoms with Crippen LogP contribution in [0.4, 0.5) is 11.6 Å². The minimum absolute atomic E-state index is 0.237. The standard InChI is InChI=1S/C39H40ClN5O3S/c1-7-47-34-20-28(16-17-33(34)48-21-30-19-25(4)24(3)18-26(30)5)36-35(37(46)42-32-15-11-8-12-23(32)2)27(6)41-38-43-39(44-45(36)38)49-22-29-13-9-10-14-31(29)40/h8-20,36H,7,21-22H2,1-6H3,(H,42,46)(H,41,43,44). The average Bonchev–Trinajstić information content (AvgIpc) is 3.48. The van der Waals surface area contributed by atoms with Gasteiger partial charge in [-0.1, -0.05) is 78.0 Å². The van der Waals surface area contributed by atoms with Gasteiger partial charge in [-0.3, -0.25) is 4.79 Å². The third kappa shape index (κ3) is 7.48. The van der Waals surface area contributed by atoms with Gasteiger partial charge in [0.15, 0.2) is 11.5 Å². The Morgan fingerprint density at radius 3 is 2.41 bits per heavy atom. The van der Waals surface area contributed by atoms with Crippen molar-refractivity contribution < 1.29 is 14.3 Å². The van der Waals surface area contributed by atoms with Crippen LogP contribution in [0, 0.1) is 27.7 Å². The Labute approximate surface area is 296 Å². The number of hydrogen-bond acceptors (Lipinski definition) is 7. The van der Waals surface area contributed by atoms with Crippen molar-refractivity contribution in [1.82, 2.24) is 14.8 Å². The molecule has 252 valence electrons. The molecule has 10 heteroatoms. The Morgan fingerprint density at radius 1 is 0.878 bits per heavy atom. The lowest BCUT2D eigenvalue weighted by Crippen LogP contribution is -2.31. The number of ether oxygens (including phenoxy) is 2. The van der Waals surface area contributed by atoms with Crippen LogP contribution in [0.5, 0.6) is 11.5 Å². The highest BCUT2D eigenvalue weighted by Crippen LogP contribution is 2.41. The van der Waals surface area contributed by atoms with Crippen molar-refractivity contribution in [2.45, 2.75) is 65.1 Å². The lowest BCUT2D eigenvalue weighted by Gasteiger charge is -2.29. The van der Waals surface area contributed by atoms with Crippen molar-refractivity contribution >= 4 is 40.9 Å². The van der Waals surface area contributed by atoms with E-state index >= 15 is 0 Å². The number of hydrogen-bond donors (Lipinski definition) is 2. The summed E-state index contributed by atoms with van der Waals surface area (Å²) in [7, 11) is 0. The summed E-state index contributed by atoms with van der Waals surface area (Å²) in [6, 6.07) is 25.1. The highest BCUT2D eigenvalue weighted by atomic mass is 35.5. The Kier molecular flexibility index (Phi) is 10.3. The Bertz CT molecular complexity index is 2060. The van der Waals surface area contributed by atoms with Crippen molar-refractivity contribution in [1.29, 1.82) is 0 Å². The topological polar surface area (TPSA) is 90.3 Å². The third-order valence-electron chi connectivity index (χ3n) is 8.70. The van der Waals surface area contributed by atoms with Crippen molar-refractivity contribution in [2.75, 3.05) is 17.2 Å². The van der Waals surface area contributed by atoms with Crippen LogP contribution >= 0.6 is 23.4 Å². The van der Waals surface area contributed by atoms with Gasteiger partial charge in [-0.25, -0.2) is 4.68 Å². The minimum Gasteiger partial charge on any atom is -0.490 e. The van der Waals surface area contributed by atoms with Gasteiger partial charge in [0, 0.05) is 22.2 Å². The van der Waals surface area contributed by atoms with Crippen LogP contribution in [0.25, 0.3) is 0 Å². The van der Waals surface area contributed by atoms with E-state index in [0.29, 0.717) is 57.9 Å². The van der Waals surface area contributed by atoms with Gasteiger partial charge in [-0.2, -0.15) is 4.98 Å². The van der Waals surface area contributed by atoms with Crippen molar-refractivity contribution in [3.63, 3.8) is 0 Å². The van der Waals surface area contributed by atoms with Crippen LogP contribution in [0.1, 0.15) is 58.8 Å². The van der Waals surface area contributed by atoms with Gasteiger partial charge in [0.05, 0.1) is 12.2 Å². The van der Waals surface area contributed by atoms with Crippen LogP contribution in [0.3, 0.4) is 0 Å². The molecular weight excluding hydrogens is 654 g/mol. The normalized spacial score (nSPS) is 13.9. The number of nitrogens with zero attached hydrogens (tertiary/aromatic N) is 3. The van der Waals surface area contributed by atoms with Crippen LogP contribution in [0.2, 0.25) is 5.02 Å². The zero-order valence-electron chi connectivity index (χ0n) is 28.6. The summed E-state index contributed by atoms with van der Waals surface area (Å²) < 4.78 is 14.3. The summed E-state index contributed by atoms with van der Waals surface area (Å²) in [4.78, 5) is 19.0. The lowest BCUT2D eigenvalue weighted by molar-refractivity contribution is -0.113. The molecule has 6 rings (SSSR count). The molecule has 5 aromatic rings. The summed E-state index contributed by atoms with van der Waals surface area (Å²) in [5.41, 5.74) is 9.49. The molecule has 1 atom stereocenters. The van der Waals surface area contributed by atoms with Gasteiger partial charge in [-0.15, -0.1) is 5.10 Å². The van der Waals surface area contributed by atoms with Gasteiger partial charge in [0.25, 0.3) is 5.91 Å². The second-order valence-corrected chi connectivity index (χ2v) is 13.5. The van der Waals surface area contributed by atoms with Gasteiger partial charge in [-0.05, 0) is 105 Å². The van der Waals surface area contributed by atoms with Gasteiger partial charge >= 0.3 is 0 Å². The predicted molar refractivity (Wildman–Crippen MR) is 198 cm³/mol. The average molecular weight is 694 g/mol. The van der Waals surface area contributed by atoms with E-state index in [1.54, 1.807) is 4.68 Å². The number of anilines is 2. The zero-order valence-corrected chi connectivity index (χ0v) is 30.1. The van der Waals surface area contributed by atoms with E-state index in [1.807, 2.05) is 87.5 Å². The summed E-state index contributed by atoms with van der Waals surface area (Å²) in [6.45, 7) is 13.0. The van der Waals surface area contributed by atoms with Crippen molar-refractivity contribution in [2.24, 2.45) is 0 Å². The fourth-order valence-corrected chi connectivity index (χ4v) is 6.98. The monoisotopic (exact) mass is 693 g/mol. The number of rotatable bonds is 11. The van der Waals surface area contributed by atoms with Gasteiger partial charge in [0.1, 0.15) is 12.6 Å². The Hall–Kier alpha value is -4.73. The van der Waals surface area contributed by atoms with Crippen LogP contribution < -0.4 is 20.1 Å². The van der Waals surface area contributed by atoms with E-state index in [4.69, 9.17) is 31.2 Å². The van der Waals surface area contributed by atoms with Gasteiger partial charge in [0.2, 0.25) is 11.1 Å². The second-order valence-electron chi connectivity index (χ2n) is 12.2. The fourth-order valence-electron chi connectivity index (χ4n) is 5.87. The first-order chi connectivity index (χ1) is 23.6. The quantitative estimate of drug-likeness (QED) is 0.133. The van der Waals surface area contributed by atoms with Crippen LogP contribution in [-0.2, 0) is 17.2 Å². The molecule has 1 amide bonds. The van der Waals surface area contributed by atoms with E-state index in [9.17, 15) is 4.79 Å². The number of amides is 1. The van der Waals surface area contributed by atoms with Crippen LogP contribution in [-0.4, -0.2) is 27.3 Å². The molecule has 2 N–H and O–H groups in total. The third-order valence-corrected chi connectivity index (χ3v) is 9.96. The lowest BCUT2D eigenvalue weighted by atomic mass is 9.94. The van der Waals surface area contributed by atoms with Crippen molar-refractivity contribution in [3.05, 3.63) is 134 Å². The SMILES string of the molecule is CCOc1cc(C2C(C(=O)Nc3ccccc3C)=C(C)Nc3nc(SCc4ccccc4Cl)nn32)ccc1OCc1cc(C)c(C)cc1C. The minimum atomic E-state index is -0.599. The molecule has 0 saturated heterocycles. The predicted octanol–water partition coefficient (Wildman–Crippen LogP) is 9.36. The number of benzene rings is 4. The molecule has 49 heavy (non-hydrogen) atoms. The van der Waals surface area contributed by atoms with E-state index in [1.165, 1.54) is 28.5 Å². The summed E-state index contributed by atoms with van der Waals surface area (Å²) >= 11 is 7.92. The Balaban J connectivity index is 1.37. The summed E-state index contributed by atoms with van der Waals surface area (Å²) in [5.74, 6) is 2.12. The number of fused-ring (bicyclic) bond motifs is 1. The molecule has 1 aromatic heterocycles. The zero-order chi connectivity index (χ0) is 34.7. The molecular formula is C39H40ClN5O3S. The summed E-state index contributed by atoms with van der Waals surface area (Å²) in [6.07, 6.45) is 0. The van der Waals surface area contributed by atoms with Crippen LogP contribution in [0.15, 0.2) is 95.3 Å².